The average molecular weight is 170 g/mol. The van der Waals surface area contributed by atoms with Crippen LogP contribution < -0.4 is 4.74 Å². The van der Waals surface area contributed by atoms with E-state index in [-0.39, 0.29) is 29.4 Å². The van der Waals surface area contributed by atoms with Crippen LogP contribution in [-0.2, 0) is 6.61 Å². The zero-order valence-electron chi connectivity index (χ0n) is 6.61. The molecular weight excluding hydrogens is 160 g/mol. The number of ether oxygens (including phenoxy) is 1. The molecule has 0 amide bonds. The number of benzene rings is 1. The first-order chi connectivity index (χ1) is 5.70. The van der Waals surface area contributed by atoms with Crippen molar-refractivity contribution in [2.45, 2.75) is 6.61 Å². The van der Waals surface area contributed by atoms with E-state index in [0.29, 0.717) is 0 Å². The number of phenols is 2. The lowest BCUT2D eigenvalue weighted by Crippen LogP contribution is -1.92. The highest BCUT2D eigenvalue weighted by Crippen LogP contribution is 2.35. The van der Waals surface area contributed by atoms with Gasteiger partial charge in [0.1, 0.15) is 5.75 Å². The van der Waals surface area contributed by atoms with Gasteiger partial charge in [0.05, 0.1) is 19.3 Å². The topological polar surface area (TPSA) is 69.9 Å². The van der Waals surface area contributed by atoms with Crippen molar-refractivity contribution in [1.82, 2.24) is 0 Å². The molecule has 0 heterocycles. The van der Waals surface area contributed by atoms with Crippen LogP contribution in [0.15, 0.2) is 12.1 Å². The molecule has 1 aromatic carbocycles. The predicted octanol–water partition coefficient (Wildman–Crippen LogP) is 0.599. The lowest BCUT2D eigenvalue weighted by molar-refractivity contribution is 0.263. The third-order valence-electron chi connectivity index (χ3n) is 1.58. The number of phenolic OH excluding ortho intramolecular Hbond substituents is 1. The molecular formula is C8H10O4. The number of hydrogen-bond acceptors (Lipinski definition) is 4. The lowest BCUT2D eigenvalue weighted by Gasteiger charge is -2.09. The van der Waals surface area contributed by atoms with Crippen LogP contribution in [0.1, 0.15) is 5.56 Å². The Hall–Kier alpha value is -1.42. The largest absolute Gasteiger partial charge is 0.507 e. The molecule has 0 spiro atoms. The highest BCUT2D eigenvalue weighted by molar-refractivity contribution is 5.52. The lowest BCUT2D eigenvalue weighted by atomic mass is 10.2. The average Bonchev–Trinajstić information content (AvgIpc) is 2.08. The van der Waals surface area contributed by atoms with Crippen LogP contribution in [0.4, 0.5) is 0 Å². The van der Waals surface area contributed by atoms with E-state index in [4.69, 9.17) is 9.84 Å². The summed E-state index contributed by atoms with van der Waals surface area (Å²) in [7, 11) is 1.35. The molecule has 66 valence electrons. The monoisotopic (exact) mass is 170 g/mol. The van der Waals surface area contributed by atoms with Crippen molar-refractivity contribution in [2.75, 3.05) is 7.11 Å². The van der Waals surface area contributed by atoms with Gasteiger partial charge in [-0.15, -0.1) is 0 Å². The molecule has 1 rings (SSSR count). The van der Waals surface area contributed by atoms with E-state index in [0.717, 1.165) is 0 Å². The van der Waals surface area contributed by atoms with Gasteiger partial charge in [0.2, 0.25) is 0 Å². The van der Waals surface area contributed by atoms with E-state index in [1.54, 1.807) is 0 Å². The van der Waals surface area contributed by atoms with Crippen molar-refractivity contribution in [3.8, 4) is 17.2 Å². The zero-order valence-corrected chi connectivity index (χ0v) is 6.61. The van der Waals surface area contributed by atoms with E-state index < -0.39 is 0 Å². The minimum Gasteiger partial charge on any atom is -0.507 e. The van der Waals surface area contributed by atoms with Crippen molar-refractivity contribution < 1.29 is 20.1 Å². The normalized spacial score (nSPS) is 9.83. The standard InChI is InChI=1S/C8H10O4/c1-12-8-5(4-9)6(10)2-3-7(8)11/h2-3,9-11H,4H2,1H3. The van der Waals surface area contributed by atoms with Crippen LogP contribution >= 0.6 is 0 Å². The van der Waals surface area contributed by atoms with Gasteiger partial charge in [-0.3, -0.25) is 0 Å². The second-order valence-corrected chi connectivity index (χ2v) is 2.27. The van der Waals surface area contributed by atoms with Gasteiger partial charge in [0.25, 0.3) is 0 Å². The Morgan fingerprint density at radius 2 is 1.83 bits per heavy atom. The molecule has 0 aliphatic rings. The molecule has 1 aromatic rings. The molecule has 0 saturated carbocycles. The molecule has 0 saturated heterocycles. The highest BCUT2D eigenvalue weighted by Gasteiger charge is 2.11. The maximum absolute atomic E-state index is 9.20. The highest BCUT2D eigenvalue weighted by atomic mass is 16.5. The maximum atomic E-state index is 9.20. The van der Waals surface area contributed by atoms with Crippen LogP contribution in [0.3, 0.4) is 0 Å². The molecule has 0 unspecified atom stereocenters. The zero-order chi connectivity index (χ0) is 9.14. The van der Waals surface area contributed by atoms with Gasteiger partial charge in [-0.05, 0) is 12.1 Å². The fourth-order valence-corrected chi connectivity index (χ4v) is 0.986. The van der Waals surface area contributed by atoms with Crippen molar-refractivity contribution in [1.29, 1.82) is 0 Å². The fraction of sp³-hybridized carbons (Fsp3) is 0.250. The Morgan fingerprint density at radius 1 is 1.25 bits per heavy atom. The van der Waals surface area contributed by atoms with E-state index in [2.05, 4.69) is 0 Å². The molecule has 0 fully saturated rings. The van der Waals surface area contributed by atoms with Gasteiger partial charge in [-0.2, -0.15) is 0 Å². The molecule has 0 aromatic heterocycles. The van der Waals surface area contributed by atoms with Gasteiger partial charge >= 0.3 is 0 Å². The first kappa shape index (κ1) is 8.67. The Kier molecular flexibility index (Phi) is 2.40. The quantitative estimate of drug-likeness (QED) is 0.568. The van der Waals surface area contributed by atoms with Crippen LogP contribution in [0.2, 0.25) is 0 Å². The van der Waals surface area contributed by atoms with Crippen LogP contribution in [-0.4, -0.2) is 22.4 Å². The second-order valence-electron chi connectivity index (χ2n) is 2.27. The molecule has 12 heavy (non-hydrogen) atoms. The first-order valence-electron chi connectivity index (χ1n) is 3.39. The number of rotatable bonds is 2. The van der Waals surface area contributed by atoms with Gasteiger partial charge < -0.3 is 20.1 Å². The number of aromatic hydroxyl groups is 2. The molecule has 0 radical (unpaired) electrons. The molecule has 0 aliphatic heterocycles. The molecule has 4 nitrogen and oxygen atoms in total. The summed E-state index contributed by atoms with van der Waals surface area (Å²) in [5.74, 6) is -0.0796. The number of methoxy groups -OCH3 is 1. The number of aliphatic hydroxyl groups excluding tert-OH is 1. The number of hydrogen-bond donors (Lipinski definition) is 3. The van der Waals surface area contributed by atoms with Crippen molar-refractivity contribution in [2.24, 2.45) is 0 Å². The fourth-order valence-electron chi connectivity index (χ4n) is 0.986. The van der Waals surface area contributed by atoms with Crippen molar-refractivity contribution >= 4 is 0 Å². The smallest absolute Gasteiger partial charge is 0.169 e. The van der Waals surface area contributed by atoms with Gasteiger partial charge in [-0.25, -0.2) is 0 Å². The summed E-state index contributed by atoms with van der Waals surface area (Å²) in [6.45, 7) is -0.372. The third-order valence-corrected chi connectivity index (χ3v) is 1.58. The number of aliphatic hydroxyl groups is 1. The summed E-state index contributed by atoms with van der Waals surface area (Å²) in [5, 5.41) is 27.2. The Labute approximate surface area is 69.7 Å². The van der Waals surface area contributed by atoms with E-state index in [9.17, 15) is 10.2 Å². The Balaban J connectivity index is 3.28. The molecule has 0 bridgehead atoms. The minimum absolute atomic E-state index is 0.0906. The summed E-state index contributed by atoms with van der Waals surface area (Å²) in [6.07, 6.45) is 0. The van der Waals surface area contributed by atoms with E-state index >= 15 is 0 Å². The Bertz CT molecular complexity index is 254. The van der Waals surface area contributed by atoms with Crippen molar-refractivity contribution in [3.05, 3.63) is 17.7 Å². The van der Waals surface area contributed by atoms with E-state index in [1.807, 2.05) is 0 Å². The summed E-state index contributed by atoms with van der Waals surface area (Å²) in [5.41, 5.74) is 0.192. The summed E-state index contributed by atoms with van der Waals surface area (Å²) >= 11 is 0. The van der Waals surface area contributed by atoms with Crippen LogP contribution in [0.5, 0.6) is 17.2 Å². The molecule has 0 atom stereocenters. The third kappa shape index (κ3) is 1.29. The maximum Gasteiger partial charge on any atom is 0.169 e. The van der Waals surface area contributed by atoms with Gasteiger partial charge in [0, 0.05) is 0 Å². The summed E-state index contributed by atoms with van der Waals surface area (Å²) in [4.78, 5) is 0. The minimum atomic E-state index is -0.372. The van der Waals surface area contributed by atoms with Gasteiger partial charge in [-0.1, -0.05) is 0 Å². The van der Waals surface area contributed by atoms with Crippen LogP contribution in [0.25, 0.3) is 0 Å². The van der Waals surface area contributed by atoms with Crippen LogP contribution in [0, 0.1) is 0 Å². The summed E-state index contributed by atoms with van der Waals surface area (Å²) in [6, 6.07) is 2.59. The Morgan fingerprint density at radius 3 is 2.25 bits per heavy atom. The SMILES string of the molecule is COc1c(O)ccc(O)c1CO. The van der Waals surface area contributed by atoms with Gasteiger partial charge in [0.15, 0.2) is 11.5 Å². The first-order valence-corrected chi connectivity index (χ1v) is 3.39. The van der Waals surface area contributed by atoms with E-state index in [1.165, 1.54) is 19.2 Å². The van der Waals surface area contributed by atoms with Crippen molar-refractivity contribution in [3.63, 3.8) is 0 Å². The molecule has 4 heteroatoms. The summed E-state index contributed by atoms with van der Waals surface area (Å²) < 4.78 is 4.78. The second kappa shape index (κ2) is 3.32. The predicted molar refractivity (Wildman–Crippen MR) is 42.2 cm³/mol. The molecule has 0 aliphatic carbocycles. The molecule has 3 N–H and O–H groups in total.